The lowest BCUT2D eigenvalue weighted by Gasteiger charge is -2.32. The van der Waals surface area contributed by atoms with E-state index in [9.17, 15) is 17.6 Å². The van der Waals surface area contributed by atoms with Crippen LogP contribution in [0.1, 0.15) is 24.8 Å². The van der Waals surface area contributed by atoms with Crippen LogP contribution in [0.3, 0.4) is 0 Å². The Hall–Kier alpha value is -1.10. The SMILES string of the molecule is Fc1ccc(CN2CCC3(CC2)CC3(F)F)cc1F. The molecular formula is C14H15F4N. The number of piperidine rings is 1. The maximum absolute atomic E-state index is 13.2. The molecule has 2 fully saturated rings. The monoisotopic (exact) mass is 273 g/mol. The molecule has 19 heavy (non-hydrogen) atoms. The number of benzene rings is 1. The van der Waals surface area contributed by atoms with E-state index in [4.69, 9.17) is 0 Å². The van der Waals surface area contributed by atoms with Gasteiger partial charge in [-0.2, -0.15) is 0 Å². The van der Waals surface area contributed by atoms with Crippen LogP contribution in [-0.4, -0.2) is 23.9 Å². The van der Waals surface area contributed by atoms with Crippen molar-refractivity contribution in [3.8, 4) is 0 Å². The molecule has 3 rings (SSSR count). The highest BCUT2D eigenvalue weighted by atomic mass is 19.3. The molecule has 5 heteroatoms. The van der Waals surface area contributed by atoms with Crippen molar-refractivity contribution < 1.29 is 17.6 Å². The Bertz CT molecular complexity index is 492. The fourth-order valence-electron chi connectivity index (χ4n) is 2.96. The first-order valence-electron chi connectivity index (χ1n) is 6.46. The molecule has 0 N–H and O–H groups in total. The van der Waals surface area contributed by atoms with Crippen molar-refractivity contribution in [1.82, 2.24) is 4.90 Å². The van der Waals surface area contributed by atoms with Crippen molar-refractivity contribution in [2.75, 3.05) is 13.1 Å². The standard InChI is InChI=1S/C14H15F4N/c15-11-2-1-10(7-12(11)16)8-19-5-3-13(4-6-19)9-14(13,17)18/h1-2,7H,3-6,8-9H2. The predicted molar refractivity (Wildman–Crippen MR) is 62.9 cm³/mol. The molecular weight excluding hydrogens is 258 g/mol. The number of alkyl halides is 2. The summed E-state index contributed by atoms with van der Waals surface area (Å²) < 4.78 is 52.3. The van der Waals surface area contributed by atoms with Crippen molar-refractivity contribution in [1.29, 1.82) is 0 Å². The molecule has 0 atom stereocenters. The van der Waals surface area contributed by atoms with Crippen LogP contribution in [0, 0.1) is 17.0 Å². The van der Waals surface area contributed by atoms with Gasteiger partial charge in [0.15, 0.2) is 11.6 Å². The van der Waals surface area contributed by atoms with E-state index in [2.05, 4.69) is 0 Å². The summed E-state index contributed by atoms with van der Waals surface area (Å²) in [5, 5.41) is 0. The molecule has 1 aromatic rings. The van der Waals surface area contributed by atoms with Gasteiger partial charge in [0.05, 0.1) is 0 Å². The summed E-state index contributed by atoms with van der Waals surface area (Å²) in [6.07, 6.45) is 0.992. The third-order valence-electron chi connectivity index (χ3n) is 4.41. The highest BCUT2D eigenvalue weighted by Crippen LogP contribution is 2.65. The van der Waals surface area contributed by atoms with Crippen molar-refractivity contribution >= 4 is 0 Å². The van der Waals surface area contributed by atoms with Gasteiger partial charge in [-0.15, -0.1) is 0 Å². The minimum atomic E-state index is -2.49. The van der Waals surface area contributed by atoms with E-state index in [1.807, 2.05) is 4.90 Å². The van der Waals surface area contributed by atoms with Crippen LogP contribution < -0.4 is 0 Å². The van der Waals surface area contributed by atoms with Gasteiger partial charge in [0.2, 0.25) is 0 Å². The van der Waals surface area contributed by atoms with Crippen molar-refractivity contribution in [3.63, 3.8) is 0 Å². The van der Waals surface area contributed by atoms with Gasteiger partial charge in [0.1, 0.15) is 0 Å². The van der Waals surface area contributed by atoms with E-state index in [0.717, 1.165) is 6.07 Å². The normalized spacial score (nSPS) is 24.6. The fraction of sp³-hybridized carbons (Fsp3) is 0.571. The Kier molecular flexibility index (Phi) is 2.85. The molecule has 1 nitrogen and oxygen atoms in total. The van der Waals surface area contributed by atoms with Gasteiger partial charge in [-0.05, 0) is 43.6 Å². The van der Waals surface area contributed by atoms with Crippen molar-refractivity contribution in [3.05, 3.63) is 35.4 Å². The molecule has 1 aliphatic carbocycles. The highest BCUT2D eigenvalue weighted by Gasteiger charge is 2.70. The Balaban J connectivity index is 1.59. The number of hydrogen-bond acceptors (Lipinski definition) is 1. The third-order valence-corrected chi connectivity index (χ3v) is 4.41. The zero-order chi connectivity index (χ0) is 13.7. The molecule has 0 radical (unpaired) electrons. The molecule has 1 aromatic carbocycles. The molecule has 0 aromatic heterocycles. The maximum Gasteiger partial charge on any atom is 0.254 e. The van der Waals surface area contributed by atoms with Crippen LogP contribution in [0.2, 0.25) is 0 Å². The molecule has 104 valence electrons. The van der Waals surface area contributed by atoms with Crippen molar-refractivity contribution in [2.24, 2.45) is 5.41 Å². The summed E-state index contributed by atoms with van der Waals surface area (Å²) in [6.45, 7) is 1.67. The zero-order valence-corrected chi connectivity index (χ0v) is 10.4. The number of nitrogens with zero attached hydrogens (tertiary/aromatic N) is 1. The molecule has 1 aliphatic heterocycles. The topological polar surface area (TPSA) is 3.24 Å². The molecule has 0 bridgehead atoms. The Morgan fingerprint density at radius 2 is 1.68 bits per heavy atom. The van der Waals surface area contributed by atoms with E-state index < -0.39 is 23.0 Å². The van der Waals surface area contributed by atoms with Crippen LogP contribution in [-0.2, 0) is 6.54 Å². The minimum absolute atomic E-state index is 0.0129. The van der Waals surface area contributed by atoms with Gasteiger partial charge in [-0.25, -0.2) is 17.6 Å². The first-order chi connectivity index (χ1) is 8.92. The fourth-order valence-corrected chi connectivity index (χ4v) is 2.96. The Morgan fingerprint density at radius 1 is 1.05 bits per heavy atom. The van der Waals surface area contributed by atoms with Crippen LogP contribution >= 0.6 is 0 Å². The molecule has 2 aliphatic rings. The lowest BCUT2D eigenvalue weighted by molar-refractivity contribution is 0.0300. The smallest absolute Gasteiger partial charge is 0.254 e. The van der Waals surface area contributed by atoms with Crippen LogP contribution in [0.15, 0.2) is 18.2 Å². The lowest BCUT2D eigenvalue weighted by Crippen LogP contribution is -2.36. The second-order valence-corrected chi connectivity index (χ2v) is 5.69. The first-order valence-corrected chi connectivity index (χ1v) is 6.46. The quantitative estimate of drug-likeness (QED) is 0.744. The summed E-state index contributed by atoms with van der Waals surface area (Å²) >= 11 is 0. The lowest BCUT2D eigenvalue weighted by atomic mass is 9.92. The number of likely N-dealkylation sites (tertiary alicyclic amines) is 1. The van der Waals surface area contributed by atoms with Gasteiger partial charge < -0.3 is 0 Å². The molecule has 0 unspecified atom stereocenters. The predicted octanol–water partition coefficient (Wildman–Crippen LogP) is 3.59. The molecule has 1 heterocycles. The third kappa shape index (κ3) is 2.24. The largest absolute Gasteiger partial charge is 0.299 e. The van der Waals surface area contributed by atoms with Crippen LogP contribution in [0.5, 0.6) is 0 Å². The Labute approximate surface area is 109 Å². The molecule has 1 saturated heterocycles. The van der Waals surface area contributed by atoms with E-state index in [1.165, 1.54) is 12.1 Å². The van der Waals surface area contributed by atoms with Gasteiger partial charge >= 0.3 is 0 Å². The summed E-state index contributed by atoms with van der Waals surface area (Å²) in [5.41, 5.74) is -0.0882. The summed E-state index contributed by atoms with van der Waals surface area (Å²) in [6, 6.07) is 3.81. The highest BCUT2D eigenvalue weighted by molar-refractivity contribution is 5.18. The minimum Gasteiger partial charge on any atom is -0.299 e. The summed E-state index contributed by atoms with van der Waals surface area (Å²) in [7, 11) is 0. The van der Waals surface area contributed by atoms with E-state index in [1.54, 1.807) is 0 Å². The average Bonchev–Trinajstić information content (AvgIpc) is 2.88. The van der Waals surface area contributed by atoms with Gasteiger partial charge in [0, 0.05) is 18.4 Å². The maximum atomic E-state index is 13.2. The Morgan fingerprint density at radius 3 is 2.21 bits per heavy atom. The molecule has 1 spiro atoms. The summed E-state index contributed by atoms with van der Waals surface area (Å²) in [4.78, 5) is 2.02. The number of hydrogen-bond donors (Lipinski definition) is 0. The molecule has 0 amide bonds. The van der Waals surface area contributed by atoms with Gasteiger partial charge in [-0.3, -0.25) is 4.90 Å². The van der Waals surface area contributed by atoms with Crippen LogP contribution in [0.4, 0.5) is 17.6 Å². The first kappa shape index (κ1) is 12.9. The van der Waals surface area contributed by atoms with Crippen molar-refractivity contribution in [2.45, 2.75) is 31.7 Å². The van der Waals surface area contributed by atoms with E-state index >= 15 is 0 Å². The van der Waals surface area contributed by atoms with Gasteiger partial charge in [-0.1, -0.05) is 6.07 Å². The number of halogens is 4. The van der Waals surface area contributed by atoms with E-state index in [-0.39, 0.29) is 6.42 Å². The van der Waals surface area contributed by atoms with Gasteiger partial charge in [0.25, 0.3) is 5.92 Å². The molecule has 1 saturated carbocycles. The van der Waals surface area contributed by atoms with E-state index in [0.29, 0.717) is 38.0 Å². The number of rotatable bonds is 2. The second-order valence-electron chi connectivity index (χ2n) is 5.69. The average molecular weight is 273 g/mol. The summed E-state index contributed by atoms with van der Waals surface area (Å²) in [5.74, 6) is -4.21. The van der Waals surface area contributed by atoms with Crippen LogP contribution in [0.25, 0.3) is 0 Å². The zero-order valence-electron chi connectivity index (χ0n) is 10.4. The second kappa shape index (κ2) is 4.20.